The molecular formula is C19H25ClN4O. The quantitative estimate of drug-likeness (QED) is 0.910. The van der Waals surface area contributed by atoms with Gasteiger partial charge in [-0.25, -0.2) is 0 Å². The van der Waals surface area contributed by atoms with Crippen LogP contribution in [0.3, 0.4) is 0 Å². The number of hydrogen-bond donors (Lipinski definition) is 1. The molecule has 1 saturated heterocycles. The fourth-order valence-corrected chi connectivity index (χ4v) is 3.32. The van der Waals surface area contributed by atoms with Crippen molar-refractivity contribution >= 4 is 34.1 Å². The molecule has 134 valence electrons. The molecule has 1 aliphatic heterocycles. The van der Waals surface area contributed by atoms with E-state index in [1.54, 1.807) is 6.20 Å². The van der Waals surface area contributed by atoms with E-state index in [4.69, 9.17) is 11.6 Å². The van der Waals surface area contributed by atoms with Crippen molar-refractivity contribution in [3.05, 3.63) is 35.5 Å². The molecule has 0 spiro atoms. The van der Waals surface area contributed by atoms with E-state index in [1.807, 2.05) is 29.2 Å². The maximum absolute atomic E-state index is 13.0. The minimum absolute atomic E-state index is 0.169. The summed E-state index contributed by atoms with van der Waals surface area (Å²) in [5, 5.41) is 5.10. The van der Waals surface area contributed by atoms with Crippen LogP contribution in [-0.2, 0) is 4.79 Å². The van der Waals surface area contributed by atoms with Gasteiger partial charge in [-0.3, -0.25) is 9.78 Å². The summed E-state index contributed by atoms with van der Waals surface area (Å²) in [6, 6.07) is 7.30. The Kier molecular flexibility index (Phi) is 5.45. The zero-order valence-corrected chi connectivity index (χ0v) is 15.8. The van der Waals surface area contributed by atoms with Gasteiger partial charge >= 0.3 is 0 Å². The number of halogens is 1. The molecule has 1 aliphatic rings. The Labute approximate surface area is 154 Å². The van der Waals surface area contributed by atoms with Gasteiger partial charge in [0.05, 0.1) is 5.52 Å². The number of hydrogen-bond acceptors (Lipinski definition) is 4. The van der Waals surface area contributed by atoms with E-state index >= 15 is 0 Å². The molecule has 2 aromatic rings. The van der Waals surface area contributed by atoms with Gasteiger partial charge in [0.1, 0.15) is 6.04 Å². The van der Waals surface area contributed by atoms with Crippen LogP contribution in [-0.4, -0.2) is 60.0 Å². The second-order valence-corrected chi connectivity index (χ2v) is 7.45. The topological polar surface area (TPSA) is 48.5 Å². The van der Waals surface area contributed by atoms with Crippen molar-refractivity contribution in [2.45, 2.75) is 19.9 Å². The number of amides is 1. The largest absolute Gasteiger partial charge is 0.373 e. The first-order chi connectivity index (χ1) is 12.0. The minimum Gasteiger partial charge on any atom is -0.373 e. The van der Waals surface area contributed by atoms with Crippen LogP contribution in [0.4, 0.5) is 5.69 Å². The van der Waals surface area contributed by atoms with E-state index in [1.165, 1.54) is 0 Å². The molecule has 1 aromatic carbocycles. The van der Waals surface area contributed by atoms with Crippen LogP contribution in [0.2, 0.25) is 5.02 Å². The van der Waals surface area contributed by atoms with Crippen LogP contribution >= 0.6 is 11.6 Å². The van der Waals surface area contributed by atoms with Crippen molar-refractivity contribution in [2.24, 2.45) is 5.92 Å². The van der Waals surface area contributed by atoms with Crippen molar-refractivity contribution in [1.82, 2.24) is 14.8 Å². The van der Waals surface area contributed by atoms with Gasteiger partial charge in [0.15, 0.2) is 0 Å². The summed E-state index contributed by atoms with van der Waals surface area (Å²) in [7, 11) is 2.09. The summed E-state index contributed by atoms with van der Waals surface area (Å²) in [5.41, 5.74) is 1.75. The third kappa shape index (κ3) is 4.05. The Morgan fingerprint density at radius 2 is 1.92 bits per heavy atom. The van der Waals surface area contributed by atoms with Crippen LogP contribution in [0.1, 0.15) is 13.8 Å². The number of anilines is 1. The number of rotatable bonds is 4. The summed E-state index contributed by atoms with van der Waals surface area (Å²) in [5.74, 6) is 0.352. The van der Waals surface area contributed by atoms with E-state index in [2.05, 4.69) is 36.1 Å². The van der Waals surface area contributed by atoms with E-state index in [0.29, 0.717) is 5.02 Å². The smallest absolute Gasteiger partial charge is 0.245 e. The van der Waals surface area contributed by atoms with Crippen molar-refractivity contribution < 1.29 is 4.79 Å². The molecule has 5 nitrogen and oxygen atoms in total. The van der Waals surface area contributed by atoms with Gasteiger partial charge in [0, 0.05) is 48.5 Å². The Morgan fingerprint density at radius 3 is 2.60 bits per heavy atom. The number of nitrogens with zero attached hydrogens (tertiary/aromatic N) is 3. The SMILES string of the molecule is CC(C)[C@H](Nc1ccnc2cc(Cl)ccc12)C(=O)N1CCN(C)CC1. The van der Waals surface area contributed by atoms with Crippen LogP contribution < -0.4 is 5.32 Å². The molecule has 1 fully saturated rings. The second-order valence-electron chi connectivity index (χ2n) is 7.01. The Bertz CT molecular complexity index is 756. The highest BCUT2D eigenvalue weighted by atomic mass is 35.5. The van der Waals surface area contributed by atoms with Crippen LogP contribution in [0.15, 0.2) is 30.5 Å². The van der Waals surface area contributed by atoms with Crippen molar-refractivity contribution in [3.63, 3.8) is 0 Å². The first-order valence-corrected chi connectivity index (χ1v) is 9.11. The minimum atomic E-state index is -0.260. The average Bonchev–Trinajstić information content (AvgIpc) is 2.59. The first-order valence-electron chi connectivity index (χ1n) is 8.74. The van der Waals surface area contributed by atoms with Gasteiger partial charge in [-0.1, -0.05) is 25.4 Å². The van der Waals surface area contributed by atoms with Crippen LogP contribution in [0.5, 0.6) is 0 Å². The molecule has 3 rings (SSSR count). The molecule has 1 aromatic heterocycles. The molecule has 1 atom stereocenters. The highest BCUT2D eigenvalue weighted by molar-refractivity contribution is 6.31. The lowest BCUT2D eigenvalue weighted by molar-refractivity contribution is -0.134. The molecule has 1 N–H and O–H groups in total. The summed E-state index contributed by atoms with van der Waals surface area (Å²) in [6.45, 7) is 7.57. The third-order valence-corrected chi connectivity index (χ3v) is 5.00. The predicted octanol–water partition coefficient (Wildman–Crippen LogP) is 3.10. The normalized spacial score (nSPS) is 17.1. The maximum Gasteiger partial charge on any atom is 0.245 e. The van der Waals surface area contributed by atoms with Crippen LogP contribution in [0, 0.1) is 5.92 Å². The number of pyridine rings is 1. The average molecular weight is 361 g/mol. The van der Waals surface area contributed by atoms with E-state index in [0.717, 1.165) is 42.8 Å². The number of piperazine rings is 1. The molecule has 1 amide bonds. The number of carbonyl (C=O) groups excluding carboxylic acids is 1. The standard InChI is InChI=1S/C19H25ClN4O/c1-13(2)18(19(25)24-10-8-23(3)9-11-24)22-16-6-7-21-17-12-14(20)4-5-15(16)17/h4-7,12-13,18H,8-11H2,1-3H3,(H,21,22)/t18-/m0/s1. The summed E-state index contributed by atoms with van der Waals surface area (Å²) in [6.07, 6.45) is 1.75. The number of likely N-dealkylation sites (N-methyl/N-ethyl adjacent to an activating group) is 1. The lowest BCUT2D eigenvalue weighted by Gasteiger charge is -2.36. The Balaban J connectivity index is 1.84. The van der Waals surface area contributed by atoms with Gasteiger partial charge in [-0.05, 0) is 37.2 Å². The lowest BCUT2D eigenvalue weighted by atomic mass is 10.0. The molecule has 0 bridgehead atoms. The van der Waals surface area contributed by atoms with Crippen molar-refractivity contribution in [3.8, 4) is 0 Å². The molecule has 0 unspecified atom stereocenters. The number of carbonyl (C=O) groups is 1. The van der Waals surface area contributed by atoms with Gasteiger partial charge in [-0.15, -0.1) is 0 Å². The molecule has 0 radical (unpaired) electrons. The van der Waals surface area contributed by atoms with E-state index < -0.39 is 0 Å². The molecule has 0 saturated carbocycles. The van der Waals surface area contributed by atoms with Crippen LogP contribution in [0.25, 0.3) is 10.9 Å². The van der Waals surface area contributed by atoms with Gasteiger partial charge < -0.3 is 15.1 Å². The summed E-state index contributed by atoms with van der Waals surface area (Å²) < 4.78 is 0. The Hall–Kier alpha value is -1.85. The third-order valence-electron chi connectivity index (χ3n) is 4.76. The Morgan fingerprint density at radius 1 is 1.20 bits per heavy atom. The number of fused-ring (bicyclic) bond motifs is 1. The molecular weight excluding hydrogens is 336 g/mol. The summed E-state index contributed by atoms with van der Waals surface area (Å²) in [4.78, 5) is 21.6. The van der Waals surface area contributed by atoms with Crippen molar-refractivity contribution in [2.75, 3.05) is 38.5 Å². The van der Waals surface area contributed by atoms with Gasteiger partial charge in [0.2, 0.25) is 5.91 Å². The zero-order valence-electron chi connectivity index (χ0n) is 15.0. The molecule has 2 heterocycles. The lowest BCUT2D eigenvalue weighted by Crippen LogP contribution is -2.53. The maximum atomic E-state index is 13.0. The first kappa shape index (κ1) is 18.0. The fraction of sp³-hybridized carbons (Fsp3) is 0.474. The summed E-state index contributed by atoms with van der Waals surface area (Å²) >= 11 is 6.07. The van der Waals surface area contributed by atoms with E-state index in [-0.39, 0.29) is 17.9 Å². The van der Waals surface area contributed by atoms with E-state index in [9.17, 15) is 4.79 Å². The number of benzene rings is 1. The number of nitrogens with one attached hydrogen (secondary N) is 1. The molecule has 6 heteroatoms. The van der Waals surface area contributed by atoms with Crippen molar-refractivity contribution in [1.29, 1.82) is 0 Å². The molecule has 25 heavy (non-hydrogen) atoms. The fourth-order valence-electron chi connectivity index (χ4n) is 3.15. The monoisotopic (exact) mass is 360 g/mol. The number of aromatic nitrogens is 1. The highest BCUT2D eigenvalue weighted by Gasteiger charge is 2.29. The highest BCUT2D eigenvalue weighted by Crippen LogP contribution is 2.26. The van der Waals surface area contributed by atoms with Gasteiger partial charge in [-0.2, -0.15) is 0 Å². The second kappa shape index (κ2) is 7.58. The predicted molar refractivity (Wildman–Crippen MR) is 103 cm³/mol. The molecule has 0 aliphatic carbocycles. The zero-order chi connectivity index (χ0) is 18.0. The van der Waals surface area contributed by atoms with Gasteiger partial charge in [0.25, 0.3) is 0 Å².